The molecule has 0 saturated carbocycles. The van der Waals surface area contributed by atoms with Crippen molar-refractivity contribution in [1.29, 1.82) is 0 Å². The van der Waals surface area contributed by atoms with Crippen molar-refractivity contribution in [3.8, 4) is 21.6 Å². The van der Waals surface area contributed by atoms with Crippen LogP contribution < -0.4 is 0 Å². The van der Waals surface area contributed by atoms with Gasteiger partial charge in [-0.2, -0.15) is 0 Å². The number of hydrogen-bond donors (Lipinski definition) is 0. The van der Waals surface area contributed by atoms with Gasteiger partial charge in [-0.1, -0.05) is 84.9 Å². The zero-order valence-electron chi connectivity index (χ0n) is 15.1. The first-order chi connectivity index (χ1) is 13.9. The van der Waals surface area contributed by atoms with Crippen LogP contribution in [0.4, 0.5) is 0 Å². The first-order valence-electron chi connectivity index (χ1n) is 9.36. The minimum atomic E-state index is 1.29. The third kappa shape index (κ3) is 2.35. The first-order valence-corrected chi connectivity index (χ1v) is 11.1. The zero-order chi connectivity index (χ0) is 18.5. The molecule has 0 spiro atoms. The van der Waals surface area contributed by atoms with Crippen LogP contribution in [0.5, 0.6) is 0 Å². The Morgan fingerprint density at radius 1 is 0.536 bits per heavy atom. The molecular formula is C26H16S2. The molecule has 0 fully saturated rings. The van der Waals surface area contributed by atoms with E-state index in [0.29, 0.717) is 0 Å². The fourth-order valence-electron chi connectivity index (χ4n) is 4.13. The van der Waals surface area contributed by atoms with Crippen molar-refractivity contribution in [2.45, 2.75) is 0 Å². The lowest BCUT2D eigenvalue weighted by atomic mass is 9.95. The Morgan fingerprint density at radius 2 is 1.14 bits per heavy atom. The Bertz CT molecular complexity index is 1460. The molecule has 6 aromatic rings. The number of rotatable bonds is 2. The number of hydrogen-bond acceptors (Lipinski definition) is 2. The average Bonchev–Trinajstić information content (AvgIpc) is 3.34. The molecule has 0 unspecified atom stereocenters. The van der Waals surface area contributed by atoms with E-state index in [-0.39, 0.29) is 0 Å². The highest BCUT2D eigenvalue weighted by Crippen LogP contribution is 2.49. The number of benzene rings is 4. The molecule has 0 aliphatic carbocycles. The molecule has 28 heavy (non-hydrogen) atoms. The van der Waals surface area contributed by atoms with Gasteiger partial charge in [0.1, 0.15) is 0 Å². The van der Waals surface area contributed by atoms with E-state index in [2.05, 4.69) is 96.4 Å². The van der Waals surface area contributed by atoms with Crippen molar-refractivity contribution in [2.75, 3.05) is 0 Å². The van der Waals surface area contributed by atoms with Gasteiger partial charge < -0.3 is 0 Å². The van der Waals surface area contributed by atoms with Gasteiger partial charge >= 0.3 is 0 Å². The van der Waals surface area contributed by atoms with Gasteiger partial charge in [-0.25, -0.2) is 0 Å². The predicted octanol–water partition coefficient (Wildman–Crippen LogP) is 8.60. The third-order valence-corrected chi connectivity index (χ3v) is 7.64. The lowest BCUT2D eigenvalue weighted by Crippen LogP contribution is -1.84. The Hall–Kier alpha value is -2.94. The smallest absolute Gasteiger partial charge is 0.0535 e. The monoisotopic (exact) mass is 392 g/mol. The second-order valence-corrected chi connectivity index (χ2v) is 8.94. The van der Waals surface area contributed by atoms with Gasteiger partial charge in [-0.15, -0.1) is 22.7 Å². The molecule has 0 bridgehead atoms. The van der Waals surface area contributed by atoms with Crippen LogP contribution in [0.2, 0.25) is 0 Å². The lowest BCUT2D eigenvalue weighted by molar-refractivity contribution is 1.71. The van der Waals surface area contributed by atoms with Gasteiger partial charge in [-0.3, -0.25) is 0 Å². The minimum Gasteiger partial charge on any atom is -0.142 e. The third-order valence-electron chi connectivity index (χ3n) is 5.39. The molecule has 132 valence electrons. The zero-order valence-corrected chi connectivity index (χ0v) is 16.7. The van der Waals surface area contributed by atoms with Crippen LogP contribution >= 0.6 is 22.7 Å². The molecule has 2 heterocycles. The highest BCUT2D eigenvalue weighted by atomic mass is 32.1. The van der Waals surface area contributed by atoms with Crippen molar-refractivity contribution in [1.82, 2.24) is 0 Å². The first kappa shape index (κ1) is 16.1. The Kier molecular flexibility index (Phi) is 3.61. The summed E-state index contributed by atoms with van der Waals surface area (Å²) >= 11 is 3.76. The van der Waals surface area contributed by atoms with Crippen LogP contribution in [0.3, 0.4) is 0 Å². The summed E-state index contributed by atoms with van der Waals surface area (Å²) in [6.07, 6.45) is 0. The summed E-state index contributed by atoms with van der Waals surface area (Å²) in [6, 6.07) is 33.0. The van der Waals surface area contributed by atoms with E-state index in [4.69, 9.17) is 0 Å². The van der Waals surface area contributed by atoms with Crippen LogP contribution in [-0.2, 0) is 0 Å². The summed E-state index contributed by atoms with van der Waals surface area (Å²) < 4.78 is 2.76. The summed E-state index contributed by atoms with van der Waals surface area (Å²) in [5.74, 6) is 0. The largest absolute Gasteiger partial charge is 0.142 e. The van der Waals surface area contributed by atoms with Crippen LogP contribution in [0.15, 0.2) is 96.4 Å². The summed E-state index contributed by atoms with van der Waals surface area (Å²) in [5.41, 5.74) is 4.03. The highest BCUT2D eigenvalue weighted by molar-refractivity contribution is 7.30. The SMILES string of the molecule is c1ccc2c(-c3sc4ccsc4c3-c3cccc4ccccc34)cccc2c1. The minimum absolute atomic E-state index is 1.29. The van der Waals surface area contributed by atoms with Gasteiger partial charge in [0.25, 0.3) is 0 Å². The molecule has 0 saturated heterocycles. The topological polar surface area (TPSA) is 0 Å². The molecule has 6 rings (SSSR count). The average molecular weight is 393 g/mol. The maximum atomic E-state index is 2.28. The van der Waals surface area contributed by atoms with E-state index >= 15 is 0 Å². The van der Waals surface area contributed by atoms with Crippen molar-refractivity contribution in [3.63, 3.8) is 0 Å². The van der Waals surface area contributed by atoms with Crippen LogP contribution in [0, 0.1) is 0 Å². The lowest BCUT2D eigenvalue weighted by Gasteiger charge is -2.11. The Morgan fingerprint density at radius 3 is 1.89 bits per heavy atom. The van der Waals surface area contributed by atoms with E-state index < -0.39 is 0 Å². The van der Waals surface area contributed by atoms with Gasteiger partial charge in [-0.05, 0) is 38.6 Å². The molecule has 0 atom stereocenters. The van der Waals surface area contributed by atoms with Crippen molar-refractivity contribution in [3.05, 3.63) is 96.4 Å². The Labute approximate surface area is 171 Å². The van der Waals surface area contributed by atoms with Crippen LogP contribution in [-0.4, -0.2) is 0 Å². The van der Waals surface area contributed by atoms with E-state index in [0.717, 1.165) is 0 Å². The fraction of sp³-hybridized carbons (Fsp3) is 0. The quantitative estimate of drug-likeness (QED) is 0.277. The Balaban J connectivity index is 1.75. The normalized spacial score (nSPS) is 11.6. The van der Waals surface area contributed by atoms with Crippen LogP contribution in [0.1, 0.15) is 0 Å². The van der Waals surface area contributed by atoms with E-state index in [9.17, 15) is 0 Å². The summed E-state index contributed by atoms with van der Waals surface area (Å²) in [4.78, 5) is 1.37. The number of fused-ring (bicyclic) bond motifs is 3. The van der Waals surface area contributed by atoms with Crippen molar-refractivity contribution < 1.29 is 0 Å². The van der Waals surface area contributed by atoms with Gasteiger partial charge in [0.2, 0.25) is 0 Å². The molecule has 2 aromatic heterocycles. The second-order valence-electron chi connectivity index (χ2n) is 6.97. The van der Waals surface area contributed by atoms with Crippen molar-refractivity contribution in [2.24, 2.45) is 0 Å². The molecule has 2 heteroatoms. The van der Waals surface area contributed by atoms with Gasteiger partial charge in [0, 0.05) is 20.7 Å². The molecule has 0 aliphatic heterocycles. The molecule has 0 radical (unpaired) electrons. The molecule has 0 amide bonds. The fourth-order valence-corrected chi connectivity index (χ4v) is 6.55. The van der Waals surface area contributed by atoms with Crippen LogP contribution in [0.25, 0.3) is 52.5 Å². The van der Waals surface area contributed by atoms with Gasteiger partial charge in [0.05, 0.1) is 4.70 Å². The van der Waals surface area contributed by atoms with Gasteiger partial charge in [0.15, 0.2) is 0 Å². The summed E-state index contributed by atoms with van der Waals surface area (Å²) in [7, 11) is 0. The molecular weight excluding hydrogens is 376 g/mol. The maximum Gasteiger partial charge on any atom is 0.0535 e. The summed E-state index contributed by atoms with van der Waals surface area (Å²) in [6.45, 7) is 0. The van der Waals surface area contributed by atoms with E-state index in [1.54, 1.807) is 0 Å². The second kappa shape index (κ2) is 6.30. The van der Waals surface area contributed by atoms with E-state index in [1.165, 1.54) is 52.5 Å². The van der Waals surface area contributed by atoms with Crippen molar-refractivity contribution >= 4 is 53.6 Å². The molecule has 0 N–H and O–H groups in total. The predicted molar refractivity (Wildman–Crippen MR) is 126 cm³/mol. The standard InChI is InChI=1S/C26H16S2/c1-3-11-19-17(7-1)9-5-13-21(19)24-25(28-23-15-16-27-26(23)24)22-14-6-10-18-8-2-4-12-20(18)22/h1-16H. The molecule has 0 aliphatic rings. The number of thiophene rings is 2. The molecule has 4 aromatic carbocycles. The maximum absolute atomic E-state index is 2.28. The molecule has 0 nitrogen and oxygen atoms in total. The highest BCUT2D eigenvalue weighted by Gasteiger charge is 2.19. The van der Waals surface area contributed by atoms with E-state index in [1.807, 2.05) is 22.7 Å². The summed E-state index contributed by atoms with van der Waals surface area (Å²) in [5, 5.41) is 7.43.